The maximum Gasteiger partial charge on any atom is 0.267 e. The van der Waals surface area contributed by atoms with E-state index in [-0.39, 0.29) is 10.9 Å². The standard InChI is InChI=1S/C11H12N4OS2/c1-6-3-4-18-8(6)11(16)14-10-7(9(12)17)5-13-15(10)2/h3-5H,1-2H3,(H2,12,17)(H,14,16). The van der Waals surface area contributed by atoms with Crippen molar-refractivity contribution in [3.63, 3.8) is 0 Å². The number of thiophene rings is 1. The Morgan fingerprint density at radius 1 is 1.61 bits per heavy atom. The summed E-state index contributed by atoms with van der Waals surface area (Å²) in [7, 11) is 1.72. The van der Waals surface area contributed by atoms with Crippen LogP contribution in [0.1, 0.15) is 20.8 Å². The topological polar surface area (TPSA) is 72.9 Å². The number of hydrogen-bond acceptors (Lipinski definition) is 4. The van der Waals surface area contributed by atoms with Crippen molar-refractivity contribution in [2.24, 2.45) is 12.8 Å². The van der Waals surface area contributed by atoms with Gasteiger partial charge in [0.05, 0.1) is 16.6 Å². The van der Waals surface area contributed by atoms with Crippen LogP contribution in [0.3, 0.4) is 0 Å². The Labute approximate surface area is 114 Å². The largest absolute Gasteiger partial charge is 0.389 e. The number of nitrogens with two attached hydrogens (primary N) is 1. The third kappa shape index (κ3) is 2.27. The van der Waals surface area contributed by atoms with E-state index < -0.39 is 0 Å². The van der Waals surface area contributed by atoms with Gasteiger partial charge in [0.25, 0.3) is 5.91 Å². The number of aromatic nitrogens is 2. The van der Waals surface area contributed by atoms with Crippen molar-refractivity contribution in [3.05, 3.63) is 33.6 Å². The van der Waals surface area contributed by atoms with E-state index in [1.54, 1.807) is 13.2 Å². The minimum Gasteiger partial charge on any atom is -0.389 e. The summed E-state index contributed by atoms with van der Waals surface area (Å²) in [5.74, 6) is 0.337. The van der Waals surface area contributed by atoms with Crippen LogP contribution in [-0.2, 0) is 7.05 Å². The molecule has 0 bridgehead atoms. The molecule has 0 unspecified atom stereocenters. The molecule has 0 aliphatic rings. The Balaban J connectivity index is 2.30. The van der Waals surface area contributed by atoms with Gasteiger partial charge in [-0.15, -0.1) is 11.3 Å². The fourth-order valence-electron chi connectivity index (χ4n) is 1.54. The van der Waals surface area contributed by atoms with E-state index in [1.165, 1.54) is 16.0 Å². The van der Waals surface area contributed by atoms with E-state index >= 15 is 0 Å². The van der Waals surface area contributed by atoms with Crippen LogP contribution in [0.5, 0.6) is 0 Å². The molecule has 1 amide bonds. The average molecular weight is 280 g/mol. The molecule has 94 valence electrons. The lowest BCUT2D eigenvalue weighted by Gasteiger charge is -2.07. The number of thiocarbonyl (C=S) groups is 1. The molecule has 0 spiro atoms. The van der Waals surface area contributed by atoms with Gasteiger partial charge in [-0.2, -0.15) is 5.10 Å². The first-order valence-electron chi connectivity index (χ1n) is 5.18. The molecule has 2 heterocycles. The second-order valence-electron chi connectivity index (χ2n) is 3.78. The van der Waals surface area contributed by atoms with Gasteiger partial charge in [0, 0.05) is 7.05 Å². The van der Waals surface area contributed by atoms with Crippen molar-refractivity contribution in [2.75, 3.05) is 5.32 Å². The van der Waals surface area contributed by atoms with E-state index in [9.17, 15) is 4.79 Å². The molecule has 2 aromatic heterocycles. The molecule has 0 radical (unpaired) electrons. The highest BCUT2D eigenvalue weighted by Crippen LogP contribution is 2.19. The molecule has 0 aliphatic heterocycles. The molecule has 0 saturated heterocycles. The molecule has 3 N–H and O–H groups in total. The zero-order valence-electron chi connectivity index (χ0n) is 9.93. The molecule has 0 atom stereocenters. The van der Waals surface area contributed by atoms with Crippen LogP contribution in [-0.4, -0.2) is 20.7 Å². The van der Waals surface area contributed by atoms with Gasteiger partial charge in [-0.25, -0.2) is 0 Å². The van der Waals surface area contributed by atoms with Gasteiger partial charge in [-0.05, 0) is 23.9 Å². The zero-order chi connectivity index (χ0) is 13.3. The summed E-state index contributed by atoms with van der Waals surface area (Å²) in [6, 6.07) is 1.90. The Hall–Kier alpha value is -1.73. The normalized spacial score (nSPS) is 10.3. The van der Waals surface area contributed by atoms with Crippen LogP contribution >= 0.6 is 23.6 Å². The van der Waals surface area contributed by atoms with Gasteiger partial charge in [0.15, 0.2) is 0 Å². The van der Waals surface area contributed by atoms with Crippen LogP contribution < -0.4 is 11.1 Å². The predicted molar refractivity (Wildman–Crippen MR) is 76.1 cm³/mol. The SMILES string of the molecule is Cc1ccsc1C(=O)Nc1c(C(N)=S)cnn1C. The zero-order valence-corrected chi connectivity index (χ0v) is 11.6. The Morgan fingerprint density at radius 2 is 2.33 bits per heavy atom. The van der Waals surface area contributed by atoms with E-state index in [4.69, 9.17) is 18.0 Å². The van der Waals surface area contributed by atoms with Gasteiger partial charge in [0.2, 0.25) is 0 Å². The summed E-state index contributed by atoms with van der Waals surface area (Å²) in [6.07, 6.45) is 1.54. The number of rotatable bonds is 3. The van der Waals surface area contributed by atoms with Gasteiger partial charge in [-0.1, -0.05) is 12.2 Å². The number of carbonyl (C=O) groups excluding carboxylic acids is 1. The highest BCUT2D eigenvalue weighted by Gasteiger charge is 2.16. The number of amides is 1. The van der Waals surface area contributed by atoms with E-state index in [2.05, 4.69) is 10.4 Å². The van der Waals surface area contributed by atoms with Crippen LogP contribution in [0.15, 0.2) is 17.6 Å². The highest BCUT2D eigenvalue weighted by atomic mass is 32.1. The van der Waals surface area contributed by atoms with Crippen molar-refractivity contribution in [1.82, 2.24) is 9.78 Å². The highest BCUT2D eigenvalue weighted by molar-refractivity contribution is 7.80. The van der Waals surface area contributed by atoms with Crippen molar-refractivity contribution in [2.45, 2.75) is 6.92 Å². The van der Waals surface area contributed by atoms with Crippen LogP contribution in [0.2, 0.25) is 0 Å². The lowest BCUT2D eigenvalue weighted by molar-refractivity contribution is 0.102. The molecular weight excluding hydrogens is 268 g/mol. The first-order chi connectivity index (χ1) is 8.50. The lowest BCUT2D eigenvalue weighted by Crippen LogP contribution is -2.18. The molecule has 7 heteroatoms. The third-order valence-corrected chi connectivity index (χ3v) is 3.74. The van der Waals surface area contributed by atoms with Gasteiger partial charge < -0.3 is 11.1 Å². The first-order valence-corrected chi connectivity index (χ1v) is 6.46. The minimum atomic E-state index is -0.177. The summed E-state index contributed by atoms with van der Waals surface area (Å²) < 4.78 is 1.54. The van der Waals surface area contributed by atoms with Gasteiger partial charge in [0.1, 0.15) is 10.8 Å². The Morgan fingerprint density at radius 3 is 2.89 bits per heavy atom. The van der Waals surface area contributed by atoms with Crippen molar-refractivity contribution in [1.29, 1.82) is 0 Å². The number of hydrogen-bond donors (Lipinski definition) is 2. The fraction of sp³-hybridized carbons (Fsp3) is 0.182. The van der Waals surface area contributed by atoms with Crippen molar-refractivity contribution >= 4 is 40.3 Å². The maximum atomic E-state index is 12.1. The number of nitrogens with zero attached hydrogens (tertiary/aromatic N) is 2. The van der Waals surface area contributed by atoms with E-state index in [0.29, 0.717) is 16.3 Å². The number of anilines is 1. The van der Waals surface area contributed by atoms with Gasteiger partial charge >= 0.3 is 0 Å². The Kier molecular flexibility index (Phi) is 3.44. The van der Waals surface area contributed by atoms with Crippen LogP contribution in [0.4, 0.5) is 5.82 Å². The Bertz CT molecular complexity index is 614. The maximum absolute atomic E-state index is 12.1. The second kappa shape index (κ2) is 4.87. The monoisotopic (exact) mass is 280 g/mol. The number of carbonyl (C=O) groups is 1. The number of nitrogens with one attached hydrogen (secondary N) is 1. The van der Waals surface area contributed by atoms with Crippen molar-refractivity contribution in [3.8, 4) is 0 Å². The van der Waals surface area contributed by atoms with E-state index in [0.717, 1.165) is 5.56 Å². The van der Waals surface area contributed by atoms with E-state index in [1.807, 2.05) is 18.4 Å². The molecular formula is C11H12N4OS2. The summed E-state index contributed by atoms with van der Waals surface area (Å²) >= 11 is 6.31. The smallest absolute Gasteiger partial charge is 0.267 e. The molecule has 2 rings (SSSR count). The molecule has 0 saturated carbocycles. The fourth-order valence-corrected chi connectivity index (χ4v) is 2.51. The molecule has 18 heavy (non-hydrogen) atoms. The summed E-state index contributed by atoms with van der Waals surface area (Å²) in [6.45, 7) is 1.89. The minimum absolute atomic E-state index is 0.177. The average Bonchev–Trinajstić information content (AvgIpc) is 2.86. The molecule has 0 aliphatic carbocycles. The summed E-state index contributed by atoms with van der Waals surface area (Å²) in [5.41, 5.74) is 7.09. The van der Waals surface area contributed by atoms with Crippen LogP contribution in [0, 0.1) is 6.92 Å². The molecule has 0 aromatic carbocycles. The second-order valence-corrected chi connectivity index (χ2v) is 5.14. The molecule has 5 nitrogen and oxygen atoms in total. The summed E-state index contributed by atoms with van der Waals surface area (Å²) in [4.78, 5) is 13.0. The lowest BCUT2D eigenvalue weighted by atomic mass is 10.2. The first kappa shape index (κ1) is 12.7. The van der Waals surface area contributed by atoms with Crippen LogP contribution in [0.25, 0.3) is 0 Å². The summed E-state index contributed by atoms with van der Waals surface area (Å²) in [5, 5.41) is 8.70. The molecule has 2 aromatic rings. The predicted octanol–water partition coefficient (Wildman–Crippen LogP) is 1.68. The van der Waals surface area contributed by atoms with Gasteiger partial charge in [-0.3, -0.25) is 9.48 Å². The van der Waals surface area contributed by atoms with Crippen molar-refractivity contribution < 1.29 is 4.79 Å². The number of aryl methyl sites for hydroxylation is 2. The quantitative estimate of drug-likeness (QED) is 0.839. The third-order valence-electron chi connectivity index (χ3n) is 2.50. The molecule has 0 fully saturated rings.